The smallest absolute Gasteiger partial charge is 0.318 e. The summed E-state index contributed by atoms with van der Waals surface area (Å²) in [5.74, 6) is 1.99. The molecule has 1 aromatic carbocycles. The van der Waals surface area contributed by atoms with Gasteiger partial charge in [0.25, 0.3) is 0 Å². The number of methoxy groups -OCH3 is 2. The van der Waals surface area contributed by atoms with Crippen LogP contribution in [0.2, 0.25) is 0 Å². The molecule has 0 saturated carbocycles. The summed E-state index contributed by atoms with van der Waals surface area (Å²) in [4.78, 5) is 18.3. The van der Waals surface area contributed by atoms with Crippen molar-refractivity contribution < 1.29 is 18.8 Å². The summed E-state index contributed by atoms with van der Waals surface area (Å²) in [5, 5.41) is 6.92. The number of carbonyl (C=O) groups excluding carboxylic acids is 1. The number of hydrogen-bond acceptors (Lipinski definition) is 6. The SMILES string of the molecule is CCN(Cc1nc(-c2ccc(OC)c(OC)c2)no1)C(=O)NC(C)(C)C. The number of carbonyl (C=O) groups is 1. The molecule has 2 amide bonds. The van der Waals surface area contributed by atoms with Gasteiger partial charge in [0.15, 0.2) is 11.5 Å². The molecule has 8 heteroatoms. The average molecular weight is 362 g/mol. The number of hydrogen-bond donors (Lipinski definition) is 1. The van der Waals surface area contributed by atoms with Gasteiger partial charge in [0.05, 0.1) is 14.2 Å². The van der Waals surface area contributed by atoms with Crippen LogP contribution in [0.25, 0.3) is 11.4 Å². The first-order chi connectivity index (χ1) is 12.3. The predicted octanol–water partition coefficient (Wildman–Crippen LogP) is 3.08. The molecule has 0 radical (unpaired) electrons. The minimum Gasteiger partial charge on any atom is -0.493 e. The highest BCUT2D eigenvalue weighted by Crippen LogP contribution is 2.31. The molecule has 0 aliphatic rings. The maximum Gasteiger partial charge on any atom is 0.318 e. The highest BCUT2D eigenvalue weighted by Gasteiger charge is 2.21. The Labute approximate surface area is 153 Å². The van der Waals surface area contributed by atoms with E-state index in [9.17, 15) is 4.79 Å². The van der Waals surface area contributed by atoms with Crippen LogP contribution in [-0.2, 0) is 6.54 Å². The summed E-state index contributed by atoms with van der Waals surface area (Å²) in [6, 6.07) is 5.20. The van der Waals surface area contributed by atoms with Crippen LogP contribution in [-0.4, -0.2) is 47.4 Å². The van der Waals surface area contributed by atoms with Gasteiger partial charge in [-0.1, -0.05) is 5.16 Å². The van der Waals surface area contributed by atoms with Crippen molar-refractivity contribution in [3.8, 4) is 22.9 Å². The molecule has 0 spiro atoms. The largest absolute Gasteiger partial charge is 0.493 e. The normalized spacial score (nSPS) is 11.2. The van der Waals surface area contributed by atoms with Crippen LogP contribution in [0.15, 0.2) is 22.7 Å². The molecule has 2 aromatic rings. The zero-order valence-electron chi connectivity index (χ0n) is 16.1. The van der Waals surface area contributed by atoms with E-state index in [1.165, 1.54) is 0 Å². The van der Waals surface area contributed by atoms with E-state index in [1.807, 2.05) is 33.8 Å². The van der Waals surface area contributed by atoms with Gasteiger partial charge in [0, 0.05) is 17.6 Å². The summed E-state index contributed by atoms with van der Waals surface area (Å²) in [5.41, 5.74) is 0.421. The minimum atomic E-state index is -0.315. The lowest BCUT2D eigenvalue weighted by Crippen LogP contribution is -2.48. The van der Waals surface area contributed by atoms with Crippen LogP contribution in [0.4, 0.5) is 4.79 Å². The maximum absolute atomic E-state index is 12.3. The number of amides is 2. The van der Waals surface area contributed by atoms with Gasteiger partial charge in [-0.2, -0.15) is 4.98 Å². The standard InChI is InChI=1S/C18H26N4O4/c1-7-22(17(23)20-18(2,3)4)11-15-19-16(21-26-15)12-8-9-13(24-5)14(10-12)25-6/h8-10H,7,11H2,1-6H3,(H,20,23). The molecule has 1 heterocycles. The molecule has 0 bridgehead atoms. The fourth-order valence-corrected chi connectivity index (χ4v) is 2.30. The third kappa shape index (κ3) is 4.87. The molecule has 0 saturated heterocycles. The van der Waals surface area contributed by atoms with E-state index in [2.05, 4.69) is 15.5 Å². The van der Waals surface area contributed by atoms with Gasteiger partial charge in [-0.25, -0.2) is 4.79 Å². The van der Waals surface area contributed by atoms with E-state index in [1.54, 1.807) is 31.3 Å². The van der Waals surface area contributed by atoms with Crippen molar-refractivity contribution in [3.05, 3.63) is 24.1 Å². The van der Waals surface area contributed by atoms with Crippen molar-refractivity contribution >= 4 is 6.03 Å². The Morgan fingerprint density at radius 3 is 2.50 bits per heavy atom. The summed E-state index contributed by atoms with van der Waals surface area (Å²) >= 11 is 0. The molecule has 0 unspecified atom stereocenters. The number of benzene rings is 1. The quantitative estimate of drug-likeness (QED) is 0.849. The second kappa shape index (κ2) is 8.07. The van der Waals surface area contributed by atoms with E-state index in [0.717, 1.165) is 5.56 Å². The van der Waals surface area contributed by atoms with Crippen molar-refractivity contribution in [2.75, 3.05) is 20.8 Å². The first-order valence-electron chi connectivity index (χ1n) is 8.39. The summed E-state index contributed by atoms with van der Waals surface area (Å²) in [6.07, 6.45) is 0. The molecule has 0 aliphatic heterocycles. The van der Waals surface area contributed by atoms with Gasteiger partial charge in [0.2, 0.25) is 11.7 Å². The topological polar surface area (TPSA) is 89.7 Å². The van der Waals surface area contributed by atoms with Crippen molar-refractivity contribution in [2.45, 2.75) is 39.8 Å². The monoisotopic (exact) mass is 362 g/mol. The lowest BCUT2D eigenvalue weighted by atomic mass is 10.1. The van der Waals surface area contributed by atoms with Crippen molar-refractivity contribution in [3.63, 3.8) is 0 Å². The van der Waals surface area contributed by atoms with E-state index in [4.69, 9.17) is 14.0 Å². The van der Waals surface area contributed by atoms with Crippen LogP contribution < -0.4 is 14.8 Å². The van der Waals surface area contributed by atoms with Gasteiger partial charge in [-0.05, 0) is 45.9 Å². The highest BCUT2D eigenvalue weighted by molar-refractivity contribution is 5.74. The predicted molar refractivity (Wildman–Crippen MR) is 97.2 cm³/mol. The second-order valence-electron chi connectivity index (χ2n) is 6.78. The molecule has 0 fully saturated rings. The molecule has 142 valence electrons. The fourth-order valence-electron chi connectivity index (χ4n) is 2.30. The van der Waals surface area contributed by atoms with E-state index >= 15 is 0 Å². The Hall–Kier alpha value is -2.77. The number of nitrogens with zero attached hydrogens (tertiary/aromatic N) is 3. The molecular formula is C18H26N4O4. The Morgan fingerprint density at radius 2 is 1.92 bits per heavy atom. The molecule has 1 N–H and O–H groups in total. The molecule has 8 nitrogen and oxygen atoms in total. The van der Waals surface area contributed by atoms with Crippen LogP contribution in [0.5, 0.6) is 11.5 Å². The third-order valence-electron chi connectivity index (χ3n) is 3.59. The molecular weight excluding hydrogens is 336 g/mol. The first kappa shape index (κ1) is 19.6. The first-order valence-corrected chi connectivity index (χ1v) is 8.39. The number of rotatable bonds is 6. The van der Waals surface area contributed by atoms with Gasteiger partial charge in [-0.3, -0.25) is 0 Å². The Morgan fingerprint density at radius 1 is 1.23 bits per heavy atom. The van der Waals surface area contributed by atoms with Gasteiger partial charge >= 0.3 is 6.03 Å². The Bertz CT molecular complexity index is 752. The highest BCUT2D eigenvalue weighted by atomic mass is 16.5. The lowest BCUT2D eigenvalue weighted by Gasteiger charge is -2.26. The van der Waals surface area contributed by atoms with Gasteiger partial charge in [-0.15, -0.1) is 0 Å². The molecule has 2 rings (SSSR count). The minimum absolute atomic E-state index is 0.175. The average Bonchev–Trinajstić information content (AvgIpc) is 3.06. The lowest BCUT2D eigenvalue weighted by molar-refractivity contribution is 0.181. The maximum atomic E-state index is 12.3. The van der Waals surface area contributed by atoms with Crippen LogP contribution in [0.1, 0.15) is 33.6 Å². The van der Waals surface area contributed by atoms with Crippen molar-refractivity contribution in [1.82, 2.24) is 20.4 Å². The van der Waals surface area contributed by atoms with Crippen LogP contribution in [0, 0.1) is 0 Å². The van der Waals surface area contributed by atoms with E-state index in [0.29, 0.717) is 29.8 Å². The van der Waals surface area contributed by atoms with Gasteiger partial charge in [0.1, 0.15) is 6.54 Å². The number of nitrogens with one attached hydrogen (secondary N) is 1. The van der Waals surface area contributed by atoms with Crippen molar-refractivity contribution in [1.29, 1.82) is 0 Å². The number of ether oxygens (including phenoxy) is 2. The Balaban J connectivity index is 2.15. The molecule has 1 aromatic heterocycles. The van der Waals surface area contributed by atoms with Gasteiger partial charge < -0.3 is 24.2 Å². The summed E-state index contributed by atoms with van der Waals surface area (Å²) in [7, 11) is 3.14. The third-order valence-corrected chi connectivity index (χ3v) is 3.59. The second-order valence-corrected chi connectivity index (χ2v) is 6.78. The van der Waals surface area contributed by atoms with Crippen LogP contribution in [0.3, 0.4) is 0 Å². The molecule has 26 heavy (non-hydrogen) atoms. The fraction of sp³-hybridized carbons (Fsp3) is 0.500. The van der Waals surface area contributed by atoms with E-state index < -0.39 is 0 Å². The number of urea groups is 1. The summed E-state index contributed by atoms with van der Waals surface area (Å²) < 4.78 is 15.8. The summed E-state index contributed by atoms with van der Waals surface area (Å²) in [6.45, 7) is 8.45. The van der Waals surface area contributed by atoms with E-state index in [-0.39, 0.29) is 18.1 Å². The molecule has 0 aliphatic carbocycles. The Kier molecular flexibility index (Phi) is 6.07. The molecule has 0 atom stereocenters. The number of aromatic nitrogens is 2. The zero-order chi connectivity index (χ0) is 19.3. The van der Waals surface area contributed by atoms with Crippen LogP contribution >= 0.6 is 0 Å². The zero-order valence-corrected chi connectivity index (χ0v) is 16.1. The van der Waals surface area contributed by atoms with Crippen molar-refractivity contribution in [2.24, 2.45) is 0 Å².